The number of ether oxygens (including phenoxy) is 1. The summed E-state index contributed by atoms with van der Waals surface area (Å²) in [5, 5.41) is 2.39. The lowest BCUT2D eigenvalue weighted by atomic mass is 10.2. The fourth-order valence-corrected chi connectivity index (χ4v) is 2.24. The van der Waals surface area contributed by atoms with Crippen molar-refractivity contribution in [3.8, 4) is 5.88 Å². The number of carbonyl (C=O) groups is 1. The van der Waals surface area contributed by atoms with Gasteiger partial charge in [-0.25, -0.2) is 9.97 Å². The van der Waals surface area contributed by atoms with Crippen LogP contribution in [0.4, 0.5) is 18.9 Å². The zero-order chi connectivity index (χ0) is 19.3. The van der Waals surface area contributed by atoms with Crippen LogP contribution in [-0.2, 0) is 12.8 Å². The average Bonchev–Trinajstić information content (AvgIpc) is 2.67. The Labute approximate surface area is 152 Å². The number of hydrogen-bond donors (Lipinski definition) is 1. The van der Waals surface area contributed by atoms with Crippen LogP contribution in [-0.4, -0.2) is 15.9 Å². The number of rotatable bonds is 5. The van der Waals surface area contributed by atoms with E-state index in [1.807, 2.05) is 30.3 Å². The fourth-order valence-electron chi connectivity index (χ4n) is 2.24. The van der Waals surface area contributed by atoms with Gasteiger partial charge < -0.3 is 10.1 Å². The van der Waals surface area contributed by atoms with Crippen LogP contribution >= 0.6 is 0 Å². The summed E-state index contributed by atoms with van der Waals surface area (Å²) in [6, 6.07) is 15.1. The van der Waals surface area contributed by atoms with Crippen LogP contribution < -0.4 is 10.1 Å². The second kappa shape index (κ2) is 7.86. The molecule has 3 rings (SSSR count). The number of hydrogen-bond acceptors (Lipinski definition) is 4. The van der Waals surface area contributed by atoms with Gasteiger partial charge in [0.05, 0.1) is 5.56 Å². The van der Waals surface area contributed by atoms with Gasteiger partial charge in [0.25, 0.3) is 5.91 Å². The topological polar surface area (TPSA) is 64.1 Å². The first-order chi connectivity index (χ1) is 12.9. The summed E-state index contributed by atoms with van der Waals surface area (Å²) in [6.45, 7) is 0.256. The molecule has 0 aliphatic heterocycles. The molecule has 0 aliphatic rings. The molecule has 0 aliphatic carbocycles. The summed E-state index contributed by atoms with van der Waals surface area (Å²) in [4.78, 5) is 20.0. The zero-order valence-corrected chi connectivity index (χ0v) is 13.9. The average molecular weight is 373 g/mol. The van der Waals surface area contributed by atoms with E-state index in [-0.39, 0.29) is 23.9 Å². The largest absolute Gasteiger partial charge is 0.473 e. The van der Waals surface area contributed by atoms with E-state index in [0.29, 0.717) is 0 Å². The van der Waals surface area contributed by atoms with Gasteiger partial charge in [-0.1, -0.05) is 36.4 Å². The van der Waals surface area contributed by atoms with Crippen LogP contribution in [0.15, 0.2) is 67.0 Å². The summed E-state index contributed by atoms with van der Waals surface area (Å²) in [6.07, 6.45) is -3.34. The van der Waals surface area contributed by atoms with Gasteiger partial charge in [-0.15, -0.1) is 0 Å². The molecule has 1 N–H and O–H groups in total. The smallest absolute Gasteiger partial charge is 0.416 e. The SMILES string of the molecule is O=C(Nc1cccc(C(F)(F)F)c1)c1cc(OCc2ccccc2)ncn1. The third kappa shape index (κ3) is 5.04. The number of benzene rings is 2. The molecule has 27 heavy (non-hydrogen) atoms. The Hall–Kier alpha value is -3.42. The Balaban J connectivity index is 1.68. The Morgan fingerprint density at radius 2 is 1.78 bits per heavy atom. The molecule has 3 aromatic rings. The van der Waals surface area contributed by atoms with Crippen LogP contribution in [0, 0.1) is 0 Å². The zero-order valence-electron chi connectivity index (χ0n) is 13.9. The normalized spacial score (nSPS) is 11.1. The first-order valence-corrected chi connectivity index (χ1v) is 7.89. The molecule has 0 unspecified atom stereocenters. The predicted octanol–water partition coefficient (Wildman–Crippen LogP) is 4.33. The molecule has 1 aromatic heterocycles. The van der Waals surface area contributed by atoms with E-state index in [4.69, 9.17) is 4.74 Å². The Bertz CT molecular complexity index is 931. The maximum atomic E-state index is 12.8. The van der Waals surface area contributed by atoms with Gasteiger partial charge in [0.1, 0.15) is 18.6 Å². The van der Waals surface area contributed by atoms with Gasteiger partial charge in [0.2, 0.25) is 5.88 Å². The molecule has 138 valence electrons. The van der Waals surface area contributed by atoms with Crippen molar-refractivity contribution in [3.05, 3.63) is 83.8 Å². The van der Waals surface area contributed by atoms with Gasteiger partial charge in [-0.05, 0) is 23.8 Å². The Kier molecular flexibility index (Phi) is 5.35. The summed E-state index contributed by atoms with van der Waals surface area (Å²) >= 11 is 0. The summed E-state index contributed by atoms with van der Waals surface area (Å²) in [7, 11) is 0. The van der Waals surface area contributed by atoms with E-state index in [2.05, 4.69) is 15.3 Å². The minimum atomic E-state index is -4.49. The van der Waals surface area contributed by atoms with Crippen molar-refractivity contribution in [1.82, 2.24) is 9.97 Å². The van der Waals surface area contributed by atoms with Gasteiger partial charge in [-0.3, -0.25) is 4.79 Å². The van der Waals surface area contributed by atoms with Crippen LogP contribution in [0.2, 0.25) is 0 Å². The van der Waals surface area contributed by atoms with Crippen molar-refractivity contribution in [2.24, 2.45) is 0 Å². The summed E-state index contributed by atoms with van der Waals surface area (Å²) in [5.74, 6) is -0.482. The highest BCUT2D eigenvalue weighted by Crippen LogP contribution is 2.30. The van der Waals surface area contributed by atoms with Crippen molar-refractivity contribution in [1.29, 1.82) is 0 Å². The molecule has 0 saturated heterocycles. The minimum absolute atomic E-state index is 0.0141. The van der Waals surface area contributed by atoms with Crippen LogP contribution in [0.25, 0.3) is 0 Å². The molecule has 0 spiro atoms. The molecule has 0 atom stereocenters. The maximum absolute atomic E-state index is 12.8. The highest BCUT2D eigenvalue weighted by molar-refractivity contribution is 6.03. The number of alkyl halides is 3. The molecular weight excluding hydrogens is 359 g/mol. The molecular formula is C19H14F3N3O2. The molecule has 8 heteroatoms. The summed E-state index contributed by atoms with van der Waals surface area (Å²) in [5.41, 5.74) is 0.0617. The van der Waals surface area contributed by atoms with E-state index in [9.17, 15) is 18.0 Å². The van der Waals surface area contributed by atoms with Gasteiger partial charge >= 0.3 is 6.18 Å². The van der Waals surface area contributed by atoms with Gasteiger partial charge in [-0.2, -0.15) is 13.2 Å². The first-order valence-electron chi connectivity index (χ1n) is 7.89. The van der Waals surface area contributed by atoms with Crippen LogP contribution in [0.3, 0.4) is 0 Å². The third-order valence-corrected chi connectivity index (χ3v) is 3.55. The lowest BCUT2D eigenvalue weighted by molar-refractivity contribution is -0.137. The lowest BCUT2D eigenvalue weighted by Crippen LogP contribution is -2.15. The second-order valence-electron chi connectivity index (χ2n) is 5.55. The predicted molar refractivity (Wildman–Crippen MR) is 92.2 cm³/mol. The second-order valence-corrected chi connectivity index (χ2v) is 5.55. The maximum Gasteiger partial charge on any atom is 0.416 e. The highest BCUT2D eigenvalue weighted by atomic mass is 19.4. The molecule has 0 saturated carbocycles. The molecule has 2 aromatic carbocycles. The van der Waals surface area contributed by atoms with E-state index < -0.39 is 17.6 Å². The number of nitrogens with zero attached hydrogens (tertiary/aromatic N) is 2. The fraction of sp³-hybridized carbons (Fsp3) is 0.105. The number of aromatic nitrogens is 2. The van der Waals surface area contributed by atoms with Crippen molar-refractivity contribution in [3.63, 3.8) is 0 Å². The quantitative estimate of drug-likeness (QED) is 0.723. The van der Waals surface area contributed by atoms with Crippen molar-refractivity contribution >= 4 is 11.6 Å². The van der Waals surface area contributed by atoms with Gasteiger partial charge in [0, 0.05) is 11.8 Å². The van der Waals surface area contributed by atoms with E-state index in [1.165, 1.54) is 18.2 Å². The molecule has 5 nitrogen and oxygen atoms in total. The van der Waals surface area contributed by atoms with Crippen molar-refractivity contribution in [2.45, 2.75) is 12.8 Å². The van der Waals surface area contributed by atoms with Crippen molar-refractivity contribution in [2.75, 3.05) is 5.32 Å². The summed E-state index contributed by atoms with van der Waals surface area (Å²) < 4.78 is 43.8. The molecule has 0 bridgehead atoms. The lowest BCUT2D eigenvalue weighted by Gasteiger charge is -2.10. The van der Waals surface area contributed by atoms with E-state index in [0.717, 1.165) is 24.0 Å². The Morgan fingerprint density at radius 3 is 2.52 bits per heavy atom. The molecule has 0 radical (unpaired) electrons. The van der Waals surface area contributed by atoms with Crippen LogP contribution in [0.1, 0.15) is 21.6 Å². The number of nitrogens with one attached hydrogen (secondary N) is 1. The molecule has 1 heterocycles. The van der Waals surface area contributed by atoms with Gasteiger partial charge in [0.15, 0.2) is 0 Å². The number of halogens is 3. The first kappa shape index (κ1) is 18.4. The standard InChI is InChI=1S/C19H14F3N3O2/c20-19(21,22)14-7-4-8-15(9-14)25-18(26)16-10-17(24-12-23-16)27-11-13-5-2-1-3-6-13/h1-10,12H,11H2,(H,25,26). The minimum Gasteiger partial charge on any atom is -0.473 e. The van der Waals surface area contributed by atoms with E-state index >= 15 is 0 Å². The number of anilines is 1. The third-order valence-electron chi connectivity index (χ3n) is 3.55. The Morgan fingerprint density at radius 1 is 1.00 bits per heavy atom. The van der Waals surface area contributed by atoms with Crippen molar-refractivity contribution < 1.29 is 22.7 Å². The molecule has 1 amide bonds. The van der Waals surface area contributed by atoms with E-state index in [1.54, 1.807) is 0 Å². The number of amides is 1. The highest BCUT2D eigenvalue weighted by Gasteiger charge is 2.30. The van der Waals surface area contributed by atoms with Crippen LogP contribution in [0.5, 0.6) is 5.88 Å². The monoisotopic (exact) mass is 373 g/mol. The molecule has 0 fully saturated rings. The number of carbonyl (C=O) groups excluding carboxylic acids is 1.